The van der Waals surface area contributed by atoms with Gasteiger partial charge in [0.25, 0.3) is 0 Å². The van der Waals surface area contributed by atoms with Crippen molar-refractivity contribution in [2.24, 2.45) is 5.92 Å². The summed E-state index contributed by atoms with van der Waals surface area (Å²) in [6.07, 6.45) is -0.694. The predicted octanol–water partition coefficient (Wildman–Crippen LogP) is 2.07. The maximum Gasteiger partial charge on any atom is 0.310 e. The Hall–Kier alpha value is -1.36. The van der Waals surface area contributed by atoms with E-state index in [1.807, 2.05) is 5.38 Å². The molecule has 1 rings (SSSR count). The van der Waals surface area contributed by atoms with Crippen LogP contribution >= 0.6 is 11.3 Å². The van der Waals surface area contributed by atoms with Crippen LogP contribution in [0.3, 0.4) is 0 Å². The van der Waals surface area contributed by atoms with Gasteiger partial charge in [-0.05, 0) is 18.4 Å². The van der Waals surface area contributed by atoms with Crippen molar-refractivity contribution in [1.82, 2.24) is 0 Å². The summed E-state index contributed by atoms with van der Waals surface area (Å²) in [5.74, 6) is -2.19. The molecule has 5 heteroatoms. The number of rotatable bonds is 4. The van der Waals surface area contributed by atoms with Crippen LogP contribution in [0.25, 0.3) is 0 Å². The van der Waals surface area contributed by atoms with Crippen molar-refractivity contribution in [2.45, 2.75) is 20.0 Å². The molecule has 0 aromatic carbocycles. The third-order valence-electron chi connectivity index (χ3n) is 1.96. The molecule has 0 aliphatic carbocycles. The lowest BCUT2D eigenvalue weighted by Gasteiger charge is -2.19. The highest BCUT2D eigenvalue weighted by Gasteiger charge is 2.28. The van der Waals surface area contributed by atoms with Crippen LogP contribution < -0.4 is 0 Å². The summed E-state index contributed by atoms with van der Waals surface area (Å²) in [6, 6.07) is 3.56. The lowest BCUT2D eigenvalue weighted by Crippen LogP contribution is -2.22. The van der Waals surface area contributed by atoms with Gasteiger partial charge in [-0.2, -0.15) is 0 Å². The normalized spacial score (nSPS) is 14.3. The Morgan fingerprint density at radius 3 is 2.60 bits per heavy atom. The van der Waals surface area contributed by atoms with Gasteiger partial charge < -0.3 is 9.84 Å². The van der Waals surface area contributed by atoms with Crippen molar-refractivity contribution < 1.29 is 19.4 Å². The minimum Gasteiger partial charge on any atom is -0.481 e. The number of hydrogen-bond donors (Lipinski definition) is 1. The van der Waals surface area contributed by atoms with Crippen molar-refractivity contribution >= 4 is 23.3 Å². The highest BCUT2D eigenvalue weighted by Crippen LogP contribution is 2.29. The predicted molar refractivity (Wildman–Crippen MR) is 55.6 cm³/mol. The summed E-state index contributed by atoms with van der Waals surface area (Å²) < 4.78 is 5.01. The number of esters is 1. The van der Waals surface area contributed by atoms with Crippen LogP contribution in [-0.4, -0.2) is 17.0 Å². The van der Waals surface area contributed by atoms with E-state index in [-0.39, 0.29) is 0 Å². The first-order valence-electron chi connectivity index (χ1n) is 4.45. The smallest absolute Gasteiger partial charge is 0.310 e. The number of carboxylic acid groups (broad SMARTS) is 1. The van der Waals surface area contributed by atoms with Gasteiger partial charge in [0.2, 0.25) is 0 Å². The Kier molecular flexibility index (Phi) is 3.85. The van der Waals surface area contributed by atoms with Crippen molar-refractivity contribution in [3.63, 3.8) is 0 Å². The first kappa shape index (κ1) is 11.7. The fourth-order valence-electron chi connectivity index (χ4n) is 1.17. The average Bonchev–Trinajstić information content (AvgIpc) is 2.65. The summed E-state index contributed by atoms with van der Waals surface area (Å²) in [4.78, 5) is 22.4. The van der Waals surface area contributed by atoms with E-state index < -0.39 is 24.0 Å². The van der Waals surface area contributed by atoms with Gasteiger partial charge in [0.15, 0.2) is 0 Å². The third-order valence-corrected chi connectivity index (χ3v) is 2.89. The lowest BCUT2D eigenvalue weighted by molar-refractivity contribution is -0.156. The van der Waals surface area contributed by atoms with Crippen LogP contribution in [0, 0.1) is 5.92 Å². The molecule has 0 radical (unpaired) electrons. The van der Waals surface area contributed by atoms with E-state index in [2.05, 4.69) is 0 Å². The fourth-order valence-corrected chi connectivity index (χ4v) is 2.03. The fraction of sp³-hybridized carbons (Fsp3) is 0.400. The van der Waals surface area contributed by atoms with Crippen LogP contribution in [-0.2, 0) is 14.3 Å². The van der Waals surface area contributed by atoms with Crippen molar-refractivity contribution in [1.29, 1.82) is 0 Å². The Morgan fingerprint density at radius 2 is 2.20 bits per heavy atom. The number of carbonyl (C=O) groups is 2. The topological polar surface area (TPSA) is 63.6 Å². The summed E-state index contributed by atoms with van der Waals surface area (Å²) in [6.45, 7) is 2.80. The molecular formula is C10H12O4S. The molecule has 1 N–H and O–H groups in total. The lowest BCUT2D eigenvalue weighted by atomic mass is 10.0. The maximum absolute atomic E-state index is 10.9. The standard InChI is InChI=1S/C10H12O4S/c1-6(10(12)13)9(14-7(2)11)8-4-3-5-15-8/h3-6,9H,1-2H3,(H,12,13). The Balaban J connectivity index is 2.88. The molecule has 0 saturated carbocycles. The van der Waals surface area contributed by atoms with Gasteiger partial charge in [-0.15, -0.1) is 11.3 Å². The van der Waals surface area contributed by atoms with Crippen molar-refractivity contribution in [2.75, 3.05) is 0 Å². The van der Waals surface area contributed by atoms with Gasteiger partial charge in [0.05, 0.1) is 5.92 Å². The summed E-state index contributed by atoms with van der Waals surface area (Å²) in [7, 11) is 0. The highest BCUT2D eigenvalue weighted by molar-refractivity contribution is 7.10. The van der Waals surface area contributed by atoms with Gasteiger partial charge in [0.1, 0.15) is 6.10 Å². The number of hydrogen-bond acceptors (Lipinski definition) is 4. The zero-order chi connectivity index (χ0) is 11.4. The molecule has 1 heterocycles. The molecule has 0 fully saturated rings. The summed E-state index contributed by atoms with van der Waals surface area (Å²) in [5.41, 5.74) is 0. The number of ether oxygens (including phenoxy) is 1. The number of carboxylic acids is 1. The van der Waals surface area contributed by atoms with Gasteiger partial charge in [-0.3, -0.25) is 9.59 Å². The van der Waals surface area contributed by atoms with Crippen LogP contribution in [0.1, 0.15) is 24.8 Å². The Labute approximate surface area is 91.5 Å². The van der Waals surface area contributed by atoms with Gasteiger partial charge in [-0.1, -0.05) is 6.07 Å². The van der Waals surface area contributed by atoms with E-state index in [9.17, 15) is 9.59 Å². The zero-order valence-corrected chi connectivity index (χ0v) is 9.28. The molecule has 0 amide bonds. The zero-order valence-electron chi connectivity index (χ0n) is 8.47. The molecule has 2 unspecified atom stereocenters. The second-order valence-corrected chi connectivity index (χ2v) is 4.15. The minimum atomic E-state index is -0.977. The number of carbonyl (C=O) groups excluding carboxylic acids is 1. The molecule has 0 aliphatic rings. The number of thiophene rings is 1. The molecule has 0 saturated heterocycles. The van der Waals surface area contributed by atoms with E-state index in [0.29, 0.717) is 0 Å². The van der Waals surface area contributed by atoms with Crippen molar-refractivity contribution in [3.05, 3.63) is 22.4 Å². The van der Waals surface area contributed by atoms with E-state index in [0.717, 1.165) is 4.88 Å². The molecule has 1 aromatic rings. The highest BCUT2D eigenvalue weighted by atomic mass is 32.1. The molecule has 0 spiro atoms. The molecule has 0 bridgehead atoms. The maximum atomic E-state index is 10.9. The molecule has 82 valence electrons. The summed E-state index contributed by atoms with van der Waals surface area (Å²) >= 11 is 1.38. The van der Waals surface area contributed by atoms with Gasteiger partial charge >= 0.3 is 11.9 Å². The van der Waals surface area contributed by atoms with Gasteiger partial charge in [-0.25, -0.2) is 0 Å². The van der Waals surface area contributed by atoms with Crippen LogP contribution in [0.4, 0.5) is 0 Å². The molecular weight excluding hydrogens is 216 g/mol. The quantitative estimate of drug-likeness (QED) is 0.801. The minimum absolute atomic E-state index is 0.471. The molecule has 15 heavy (non-hydrogen) atoms. The van der Waals surface area contributed by atoms with E-state index in [4.69, 9.17) is 9.84 Å². The Bertz CT molecular complexity index is 344. The van der Waals surface area contributed by atoms with Gasteiger partial charge in [0, 0.05) is 11.8 Å². The largest absolute Gasteiger partial charge is 0.481 e. The third kappa shape index (κ3) is 3.06. The van der Waals surface area contributed by atoms with Crippen LogP contribution in [0.2, 0.25) is 0 Å². The van der Waals surface area contributed by atoms with Crippen LogP contribution in [0.5, 0.6) is 0 Å². The van der Waals surface area contributed by atoms with E-state index in [1.165, 1.54) is 25.2 Å². The van der Waals surface area contributed by atoms with E-state index in [1.54, 1.807) is 12.1 Å². The average molecular weight is 228 g/mol. The molecule has 4 nitrogen and oxygen atoms in total. The van der Waals surface area contributed by atoms with Crippen molar-refractivity contribution in [3.8, 4) is 0 Å². The molecule has 1 aromatic heterocycles. The van der Waals surface area contributed by atoms with Crippen LogP contribution in [0.15, 0.2) is 17.5 Å². The second-order valence-electron chi connectivity index (χ2n) is 3.17. The second kappa shape index (κ2) is 4.93. The number of aliphatic carboxylic acids is 1. The first-order valence-corrected chi connectivity index (χ1v) is 5.33. The van der Waals surface area contributed by atoms with E-state index >= 15 is 0 Å². The monoisotopic (exact) mass is 228 g/mol. The Morgan fingerprint density at radius 1 is 1.53 bits per heavy atom. The SMILES string of the molecule is CC(=O)OC(c1cccs1)C(C)C(=O)O. The first-order chi connectivity index (χ1) is 7.02. The summed E-state index contributed by atoms with van der Waals surface area (Å²) in [5, 5.41) is 10.7. The molecule has 0 aliphatic heterocycles. The molecule has 2 atom stereocenters.